The Balaban J connectivity index is 2.40. The molecule has 19 heavy (non-hydrogen) atoms. The maximum atomic E-state index is 2.28. The molecule has 0 saturated heterocycles. The van der Waals surface area contributed by atoms with Gasteiger partial charge in [-0.1, -0.05) is 38.9 Å². The summed E-state index contributed by atoms with van der Waals surface area (Å²) in [6.07, 6.45) is 0. The first-order valence-electron chi connectivity index (χ1n) is 6.61. The molecule has 0 amide bonds. The summed E-state index contributed by atoms with van der Waals surface area (Å²) in [6, 6.07) is 13.2. The van der Waals surface area contributed by atoms with Crippen molar-refractivity contribution in [3.8, 4) is 0 Å². The minimum atomic E-state index is 0.718. The lowest BCUT2D eigenvalue weighted by molar-refractivity contribution is 1.14. The van der Waals surface area contributed by atoms with E-state index in [0.717, 1.165) is 8.58 Å². The Labute approximate surface area is 118 Å². The molecule has 0 aromatic heterocycles. The van der Waals surface area contributed by atoms with Crippen LogP contribution >= 0.6 is 8.58 Å². The van der Waals surface area contributed by atoms with Crippen molar-refractivity contribution < 1.29 is 0 Å². The van der Waals surface area contributed by atoms with Gasteiger partial charge in [0.1, 0.15) is 0 Å². The molecule has 0 spiro atoms. The van der Waals surface area contributed by atoms with E-state index in [1.807, 2.05) is 0 Å². The van der Waals surface area contributed by atoms with Gasteiger partial charge in [-0.3, -0.25) is 0 Å². The molecule has 1 nitrogen and oxygen atoms in total. The molecule has 0 aliphatic heterocycles. The van der Waals surface area contributed by atoms with Gasteiger partial charge < -0.3 is 4.90 Å². The van der Waals surface area contributed by atoms with E-state index >= 15 is 0 Å². The van der Waals surface area contributed by atoms with Gasteiger partial charge in [0.05, 0.1) is 0 Å². The summed E-state index contributed by atoms with van der Waals surface area (Å²) >= 11 is 0. The minimum Gasteiger partial charge on any atom is -0.377 e. The number of rotatable bonds is 3. The van der Waals surface area contributed by atoms with Gasteiger partial charge in [-0.05, 0) is 48.8 Å². The molecule has 0 radical (unpaired) electrons. The predicted octanol–water partition coefficient (Wildman–Crippen LogP) is 3.31. The van der Waals surface area contributed by atoms with Crippen LogP contribution in [0.1, 0.15) is 16.7 Å². The average molecular weight is 271 g/mol. The van der Waals surface area contributed by atoms with E-state index in [0.29, 0.717) is 0 Å². The average Bonchev–Trinajstić information content (AvgIpc) is 2.40. The number of nitrogens with zero attached hydrogens (tertiary/aromatic N) is 1. The molecule has 1 atom stereocenters. The van der Waals surface area contributed by atoms with Crippen LogP contribution in [0.5, 0.6) is 0 Å². The van der Waals surface area contributed by atoms with Crippen LogP contribution in [-0.4, -0.2) is 14.1 Å². The zero-order chi connectivity index (χ0) is 14.0. The number of benzene rings is 2. The van der Waals surface area contributed by atoms with Crippen LogP contribution in [0.3, 0.4) is 0 Å². The highest BCUT2D eigenvalue weighted by Gasteiger charge is 2.08. The fourth-order valence-corrected chi connectivity index (χ4v) is 3.65. The second kappa shape index (κ2) is 5.75. The van der Waals surface area contributed by atoms with E-state index in [9.17, 15) is 0 Å². The number of aryl methyl sites for hydroxylation is 1. The summed E-state index contributed by atoms with van der Waals surface area (Å²) in [5.74, 6) is 0. The highest BCUT2D eigenvalue weighted by molar-refractivity contribution is 7.56. The van der Waals surface area contributed by atoms with Crippen molar-refractivity contribution in [3.05, 3.63) is 53.1 Å². The third-order valence-electron chi connectivity index (χ3n) is 3.71. The van der Waals surface area contributed by atoms with Crippen LogP contribution < -0.4 is 15.5 Å². The molecule has 2 heteroatoms. The van der Waals surface area contributed by atoms with Crippen LogP contribution in [0.25, 0.3) is 0 Å². The molecule has 0 saturated carbocycles. The Morgan fingerprint density at radius 1 is 0.789 bits per heavy atom. The van der Waals surface area contributed by atoms with E-state index in [1.54, 1.807) is 0 Å². The second-order valence-corrected chi connectivity index (χ2v) is 6.54. The summed E-state index contributed by atoms with van der Waals surface area (Å²) in [5.41, 5.74) is 5.56. The first-order chi connectivity index (χ1) is 9.00. The molecule has 100 valence electrons. The Morgan fingerprint density at radius 3 is 2.16 bits per heavy atom. The lowest BCUT2D eigenvalue weighted by Crippen LogP contribution is -2.18. The molecular formula is C17H22NP. The highest BCUT2D eigenvalue weighted by atomic mass is 31.1. The molecule has 2 aromatic rings. The van der Waals surface area contributed by atoms with Gasteiger partial charge >= 0.3 is 0 Å². The topological polar surface area (TPSA) is 3.24 Å². The van der Waals surface area contributed by atoms with Crippen LogP contribution in [0.15, 0.2) is 36.4 Å². The lowest BCUT2D eigenvalue weighted by Gasteiger charge is -2.18. The predicted molar refractivity (Wildman–Crippen MR) is 89.0 cm³/mol. The van der Waals surface area contributed by atoms with Gasteiger partial charge in [0.15, 0.2) is 0 Å². The van der Waals surface area contributed by atoms with Crippen molar-refractivity contribution in [3.63, 3.8) is 0 Å². The third kappa shape index (κ3) is 2.98. The maximum absolute atomic E-state index is 2.28. The smallest absolute Gasteiger partial charge is 0.0439 e. The standard InChI is InChI=1S/C17H22NP/c1-12-10-11-16(14(3)13(12)2)19-17-9-7-6-8-15(17)18(4)5/h6-11,19H,1-5H3. The van der Waals surface area contributed by atoms with Crippen LogP contribution in [0.2, 0.25) is 0 Å². The first-order valence-corrected chi connectivity index (χ1v) is 7.61. The second-order valence-electron chi connectivity index (χ2n) is 5.22. The summed E-state index contributed by atoms with van der Waals surface area (Å²) in [7, 11) is 4.93. The minimum absolute atomic E-state index is 0.718. The summed E-state index contributed by atoms with van der Waals surface area (Å²) in [5, 5.41) is 2.87. The molecule has 2 rings (SSSR count). The maximum Gasteiger partial charge on any atom is 0.0439 e. The number of hydrogen-bond acceptors (Lipinski definition) is 1. The molecule has 0 heterocycles. The lowest BCUT2D eigenvalue weighted by atomic mass is 10.1. The molecule has 0 bridgehead atoms. The van der Waals surface area contributed by atoms with E-state index in [4.69, 9.17) is 0 Å². The fraction of sp³-hybridized carbons (Fsp3) is 0.294. The molecule has 0 fully saturated rings. The van der Waals surface area contributed by atoms with Crippen LogP contribution in [0, 0.1) is 20.8 Å². The summed E-state index contributed by atoms with van der Waals surface area (Å²) in [6.45, 7) is 6.64. The first kappa shape index (κ1) is 14.1. The van der Waals surface area contributed by atoms with Gasteiger partial charge in [0, 0.05) is 25.1 Å². The quantitative estimate of drug-likeness (QED) is 0.774. The molecule has 2 aromatic carbocycles. The molecule has 1 unspecified atom stereocenters. The van der Waals surface area contributed by atoms with E-state index in [2.05, 4.69) is 76.2 Å². The van der Waals surface area contributed by atoms with Crippen molar-refractivity contribution in [1.82, 2.24) is 0 Å². The number of anilines is 1. The Morgan fingerprint density at radius 2 is 1.47 bits per heavy atom. The highest BCUT2D eigenvalue weighted by Crippen LogP contribution is 2.22. The normalized spacial score (nSPS) is 11.2. The monoisotopic (exact) mass is 271 g/mol. The summed E-state index contributed by atoms with van der Waals surface area (Å²) < 4.78 is 0. The molecule has 0 aliphatic carbocycles. The Bertz CT molecular complexity index is 588. The van der Waals surface area contributed by atoms with Crippen molar-refractivity contribution >= 4 is 24.9 Å². The van der Waals surface area contributed by atoms with Crippen molar-refractivity contribution in [1.29, 1.82) is 0 Å². The van der Waals surface area contributed by atoms with Gasteiger partial charge in [-0.25, -0.2) is 0 Å². The SMILES string of the molecule is Cc1ccc(Pc2ccccc2N(C)C)c(C)c1C. The van der Waals surface area contributed by atoms with E-state index in [1.165, 1.54) is 33.0 Å². The van der Waals surface area contributed by atoms with Crippen LogP contribution in [-0.2, 0) is 0 Å². The van der Waals surface area contributed by atoms with Crippen LogP contribution in [0.4, 0.5) is 5.69 Å². The van der Waals surface area contributed by atoms with Crippen molar-refractivity contribution in [2.24, 2.45) is 0 Å². The van der Waals surface area contributed by atoms with Gasteiger partial charge in [-0.15, -0.1) is 0 Å². The van der Waals surface area contributed by atoms with E-state index < -0.39 is 0 Å². The number of para-hydroxylation sites is 1. The van der Waals surface area contributed by atoms with Crippen molar-refractivity contribution in [2.45, 2.75) is 20.8 Å². The Kier molecular flexibility index (Phi) is 4.27. The van der Waals surface area contributed by atoms with Gasteiger partial charge in [0.2, 0.25) is 0 Å². The fourth-order valence-electron chi connectivity index (χ4n) is 2.21. The molecule has 0 aliphatic rings. The zero-order valence-corrected chi connectivity index (χ0v) is 13.4. The van der Waals surface area contributed by atoms with E-state index in [-0.39, 0.29) is 0 Å². The number of hydrogen-bond donors (Lipinski definition) is 0. The largest absolute Gasteiger partial charge is 0.377 e. The van der Waals surface area contributed by atoms with Gasteiger partial charge in [0.25, 0.3) is 0 Å². The Hall–Kier alpha value is -1.33. The zero-order valence-electron chi connectivity index (χ0n) is 12.4. The van der Waals surface area contributed by atoms with Crippen molar-refractivity contribution in [2.75, 3.05) is 19.0 Å². The summed E-state index contributed by atoms with van der Waals surface area (Å²) in [4.78, 5) is 2.19. The third-order valence-corrected chi connectivity index (χ3v) is 5.22. The molecule has 0 N–H and O–H groups in total. The van der Waals surface area contributed by atoms with Gasteiger partial charge in [-0.2, -0.15) is 0 Å². The molecular weight excluding hydrogens is 249 g/mol.